The van der Waals surface area contributed by atoms with E-state index in [1.807, 2.05) is 53.9 Å². The normalized spacial score (nSPS) is 10.9. The summed E-state index contributed by atoms with van der Waals surface area (Å²) < 4.78 is 12.7. The Labute approximate surface area is 160 Å². The number of hydrogen-bond acceptors (Lipinski definition) is 5. The molecule has 0 amide bonds. The molecular weight excluding hydrogens is 360 g/mol. The van der Waals surface area contributed by atoms with Crippen molar-refractivity contribution < 1.29 is 9.47 Å². The summed E-state index contributed by atoms with van der Waals surface area (Å²) in [6.07, 6.45) is 1.61. The summed E-state index contributed by atoms with van der Waals surface area (Å²) in [6.45, 7) is 0.453. The first-order valence-electron chi connectivity index (χ1n) is 8.43. The van der Waals surface area contributed by atoms with E-state index in [1.165, 1.54) is 11.3 Å². The fraction of sp³-hybridized carbons (Fsp3) is 0.143. The minimum atomic E-state index is -0.0346. The lowest BCUT2D eigenvalue weighted by molar-refractivity contribution is 0.414. The molecule has 0 fully saturated rings. The molecule has 0 radical (unpaired) electrons. The predicted octanol–water partition coefficient (Wildman–Crippen LogP) is 4.19. The van der Waals surface area contributed by atoms with E-state index in [-0.39, 0.29) is 5.56 Å². The van der Waals surface area contributed by atoms with Crippen LogP contribution in [0.2, 0.25) is 0 Å². The Morgan fingerprint density at radius 3 is 2.56 bits per heavy atom. The van der Waals surface area contributed by atoms with Crippen LogP contribution in [-0.4, -0.2) is 23.8 Å². The van der Waals surface area contributed by atoms with Crippen molar-refractivity contribution in [2.24, 2.45) is 0 Å². The first-order valence-corrected chi connectivity index (χ1v) is 9.31. The van der Waals surface area contributed by atoms with E-state index in [0.29, 0.717) is 11.2 Å². The van der Waals surface area contributed by atoms with Gasteiger partial charge in [-0.3, -0.25) is 9.36 Å². The molecule has 0 atom stereocenters. The van der Waals surface area contributed by atoms with Gasteiger partial charge in [-0.25, -0.2) is 4.98 Å². The van der Waals surface area contributed by atoms with Crippen molar-refractivity contribution in [1.29, 1.82) is 0 Å². The van der Waals surface area contributed by atoms with Gasteiger partial charge >= 0.3 is 0 Å². The van der Waals surface area contributed by atoms with Crippen molar-refractivity contribution in [3.63, 3.8) is 0 Å². The van der Waals surface area contributed by atoms with Gasteiger partial charge in [-0.05, 0) is 35.4 Å². The zero-order valence-electron chi connectivity index (χ0n) is 15.0. The maximum Gasteiger partial charge on any atom is 0.271 e. The van der Waals surface area contributed by atoms with Crippen LogP contribution in [0.15, 0.2) is 65.0 Å². The van der Waals surface area contributed by atoms with Gasteiger partial charge in [0, 0.05) is 10.9 Å². The Balaban J connectivity index is 1.71. The van der Waals surface area contributed by atoms with E-state index in [2.05, 4.69) is 4.98 Å². The van der Waals surface area contributed by atoms with Crippen LogP contribution < -0.4 is 15.0 Å². The van der Waals surface area contributed by atoms with E-state index in [0.717, 1.165) is 33.7 Å². The molecule has 4 aromatic rings. The molecule has 2 aromatic carbocycles. The molecule has 0 saturated heterocycles. The zero-order chi connectivity index (χ0) is 18.8. The van der Waals surface area contributed by atoms with Gasteiger partial charge < -0.3 is 9.47 Å². The second-order valence-corrected chi connectivity index (χ2v) is 6.96. The summed E-state index contributed by atoms with van der Waals surface area (Å²) in [4.78, 5) is 17.5. The van der Waals surface area contributed by atoms with Gasteiger partial charge in [-0.15, -0.1) is 11.3 Å². The fourth-order valence-electron chi connectivity index (χ4n) is 3.00. The van der Waals surface area contributed by atoms with Gasteiger partial charge in [-0.1, -0.05) is 24.3 Å². The van der Waals surface area contributed by atoms with Crippen LogP contribution in [0.3, 0.4) is 0 Å². The average Bonchev–Trinajstić information content (AvgIpc) is 3.15. The third-order valence-electron chi connectivity index (χ3n) is 4.43. The highest BCUT2D eigenvalue weighted by Crippen LogP contribution is 2.31. The lowest BCUT2D eigenvalue weighted by Gasteiger charge is -2.07. The molecule has 0 aliphatic rings. The number of aromatic nitrogens is 2. The molecule has 0 unspecified atom stereocenters. The highest BCUT2D eigenvalue weighted by molar-refractivity contribution is 7.17. The third-order valence-corrected chi connectivity index (χ3v) is 5.39. The van der Waals surface area contributed by atoms with Gasteiger partial charge in [0.05, 0.1) is 32.6 Å². The van der Waals surface area contributed by atoms with E-state index in [4.69, 9.17) is 9.47 Å². The molecule has 2 aromatic heterocycles. The molecule has 5 nitrogen and oxygen atoms in total. The fourth-order valence-corrected chi connectivity index (χ4v) is 3.97. The van der Waals surface area contributed by atoms with Crippen LogP contribution in [0.1, 0.15) is 5.56 Å². The molecule has 0 aliphatic heterocycles. The molecular formula is C21H18N2O3S. The number of fused-ring (bicyclic) bond motifs is 1. The third kappa shape index (κ3) is 3.31. The molecule has 2 heterocycles. The topological polar surface area (TPSA) is 53.4 Å². The van der Waals surface area contributed by atoms with E-state index in [1.54, 1.807) is 25.1 Å². The van der Waals surface area contributed by atoms with Crippen molar-refractivity contribution in [3.05, 3.63) is 76.2 Å². The van der Waals surface area contributed by atoms with Crippen LogP contribution in [0.5, 0.6) is 11.5 Å². The minimum absolute atomic E-state index is 0.0346. The van der Waals surface area contributed by atoms with Gasteiger partial charge in [0.25, 0.3) is 5.56 Å². The lowest BCUT2D eigenvalue weighted by atomic mass is 10.1. The minimum Gasteiger partial charge on any atom is -0.497 e. The maximum atomic E-state index is 12.9. The summed E-state index contributed by atoms with van der Waals surface area (Å²) in [5.41, 5.74) is 3.66. The Hall–Kier alpha value is -3.12. The zero-order valence-corrected chi connectivity index (χ0v) is 15.8. The number of methoxy groups -OCH3 is 2. The number of nitrogens with zero attached hydrogens (tertiary/aromatic N) is 2. The number of ether oxygens (including phenoxy) is 2. The molecule has 0 N–H and O–H groups in total. The van der Waals surface area contributed by atoms with Gasteiger partial charge in [-0.2, -0.15) is 0 Å². The molecule has 0 spiro atoms. The summed E-state index contributed by atoms with van der Waals surface area (Å²) in [7, 11) is 3.27. The Morgan fingerprint density at radius 1 is 1.04 bits per heavy atom. The molecule has 136 valence electrons. The van der Waals surface area contributed by atoms with Crippen LogP contribution in [0, 0.1) is 0 Å². The van der Waals surface area contributed by atoms with Crippen molar-refractivity contribution in [2.75, 3.05) is 14.2 Å². The van der Waals surface area contributed by atoms with Crippen molar-refractivity contribution in [3.8, 4) is 22.6 Å². The van der Waals surface area contributed by atoms with Crippen LogP contribution >= 0.6 is 11.3 Å². The van der Waals surface area contributed by atoms with Crippen molar-refractivity contribution in [2.45, 2.75) is 6.54 Å². The largest absolute Gasteiger partial charge is 0.497 e. The molecule has 4 rings (SSSR count). The summed E-state index contributed by atoms with van der Waals surface area (Å²) in [6, 6.07) is 15.5. The molecule has 6 heteroatoms. The van der Waals surface area contributed by atoms with Gasteiger partial charge in [0.1, 0.15) is 16.2 Å². The standard InChI is InChI=1S/C21H18N2O3S/c1-25-16-8-6-15(7-9-16)18-12-27-20-19(18)22-13-23(21(20)24)11-14-4-3-5-17(10-14)26-2/h3-10,12-13H,11H2,1-2H3. The number of benzene rings is 2. The maximum absolute atomic E-state index is 12.9. The summed E-state index contributed by atoms with van der Waals surface area (Å²) in [5, 5.41) is 1.98. The molecule has 0 aliphatic carbocycles. The summed E-state index contributed by atoms with van der Waals surface area (Å²) >= 11 is 1.43. The Kier molecular flexibility index (Phi) is 4.64. The Morgan fingerprint density at radius 2 is 1.81 bits per heavy atom. The highest BCUT2D eigenvalue weighted by Gasteiger charge is 2.13. The number of rotatable bonds is 5. The predicted molar refractivity (Wildman–Crippen MR) is 108 cm³/mol. The monoisotopic (exact) mass is 378 g/mol. The average molecular weight is 378 g/mol. The van der Waals surface area contributed by atoms with E-state index in [9.17, 15) is 4.79 Å². The van der Waals surface area contributed by atoms with Crippen LogP contribution in [-0.2, 0) is 6.54 Å². The summed E-state index contributed by atoms with van der Waals surface area (Å²) in [5.74, 6) is 1.57. The molecule has 27 heavy (non-hydrogen) atoms. The number of hydrogen-bond donors (Lipinski definition) is 0. The quantitative estimate of drug-likeness (QED) is 0.522. The van der Waals surface area contributed by atoms with Crippen molar-refractivity contribution >= 4 is 21.6 Å². The van der Waals surface area contributed by atoms with E-state index < -0.39 is 0 Å². The second-order valence-electron chi connectivity index (χ2n) is 6.08. The van der Waals surface area contributed by atoms with Crippen LogP contribution in [0.4, 0.5) is 0 Å². The number of thiophene rings is 1. The molecule has 0 bridgehead atoms. The van der Waals surface area contributed by atoms with E-state index >= 15 is 0 Å². The van der Waals surface area contributed by atoms with Gasteiger partial charge in [0.2, 0.25) is 0 Å². The van der Waals surface area contributed by atoms with Gasteiger partial charge in [0.15, 0.2) is 0 Å². The first kappa shape index (κ1) is 17.3. The Bertz CT molecular complexity index is 1150. The molecule has 0 saturated carbocycles. The van der Waals surface area contributed by atoms with Crippen molar-refractivity contribution in [1.82, 2.24) is 9.55 Å². The van der Waals surface area contributed by atoms with Crippen LogP contribution in [0.25, 0.3) is 21.3 Å². The smallest absolute Gasteiger partial charge is 0.271 e. The lowest BCUT2D eigenvalue weighted by Crippen LogP contribution is -2.20. The highest BCUT2D eigenvalue weighted by atomic mass is 32.1. The first-order chi connectivity index (χ1) is 13.2. The SMILES string of the molecule is COc1ccc(-c2csc3c(=O)n(Cc4cccc(OC)c4)cnc23)cc1. The second kappa shape index (κ2) is 7.25.